The van der Waals surface area contributed by atoms with Gasteiger partial charge < -0.3 is 10.5 Å². The van der Waals surface area contributed by atoms with Crippen molar-refractivity contribution in [1.29, 1.82) is 0 Å². The molecule has 0 aromatic heterocycles. The third-order valence-corrected chi connectivity index (χ3v) is 2.38. The average molecular weight is 207 g/mol. The van der Waals surface area contributed by atoms with Crippen molar-refractivity contribution < 1.29 is 4.74 Å². The van der Waals surface area contributed by atoms with Crippen LogP contribution in [0.5, 0.6) is 5.75 Å². The van der Waals surface area contributed by atoms with Crippen LogP contribution in [-0.2, 0) is 0 Å². The molecule has 0 spiro atoms. The fourth-order valence-electron chi connectivity index (χ4n) is 1.35. The minimum atomic E-state index is 0.0393. The highest BCUT2D eigenvalue weighted by atomic mass is 16.5. The Bertz CT molecular complexity index is 311. The molecule has 15 heavy (non-hydrogen) atoms. The molecule has 2 heteroatoms. The van der Waals surface area contributed by atoms with Gasteiger partial charge >= 0.3 is 0 Å². The summed E-state index contributed by atoms with van der Waals surface area (Å²) < 4.78 is 5.74. The molecule has 0 aliphatic carbocycles. The highest BCUT2D eigenvalue weighted by Crippen LogP contribution is 2.20. The lowest BCUT2D eigenvalue weighted by Crippen LogP contribution is -2.30. The van der Waals surface area contributed by atoms with Crippen molar-refractivity contribution in [2.75, 3.05) is 13.2 Å². The first-order valence-electron chi connectivity index (χ1n) is 5.34. The molecule has 0 saturated carbocycles. The number of aryl methyl sites for hydroxylation is 2. The Kier molecular flexibility index (Phi) is 3.75. The third kappa shape index (κ3) is 3.92. The summed E-state index contributed by atoms with van der Waals surface area (Å²) in [5.41, 5.74) is 8.15. The first kappa shape index (κ1) is 12.1. The molecular formula is C13H21NO. The average Bonchev–Trinajstić information content (AvgIpc) is 2.14. The molecule has 0 heterocycles. The summed E-state index contributed by atoms with van der Waals surface area (Å²) in [6, 6.07) is 6.25. The van der Waals surface area contributed by atoms with Crippen LogP contribution in [0.3, 0.4) is 0 Å². The van der Waals surface area contributed by atoms with Gasteiger partial charge in [-0.3, -0.25) is 0 Å². The number of ether oxygens (including phenoxy) is 1. The number of nitrogens with two attached hydrogens (primary N) is 1. The summed E-state index contributed by atoms with van der Waals surface area (Å²) in [6.07, 6.45) is 0. The maximum Gasteiger partial charge on any atom is 0.119 e. The molecule has 2 nitrogen and oxygen atoms in total. The summed E-state index contributed by atoms with van der Waals surface area (Å²) >= 11 is 0. The van der Waals surface area contributed by atoms with Crippen LogP contribution in [0.25, 0.3) is 0 Å². The van der Waals surface area contributed by atoms with Gasteiger partial charge in [0.15, 0.2) is 0 Å². The second-order valence-electron chi connectivity index (χ2n) is 4.98. The maximum absolute atomic E-state index is 5.74. The number of rotatable bonds is 4. The van der Waals surface area contributed by atoms with E-state index in [0.29, 0.717) is 13.2 Å². The van der Waals surface area contributed by atoms with Gasteiger partial charge in [0.25, 0.3) is 0 Å². The minimum absolute atomic E-state index is 0.0393. The second kappa shape index (κ2) is 4.67. The van der Waals surface area contributed by atoms with Crippen molar-refractivity contribution in [3.63, 3.8) is 0 Å². The van der Waals surface area contributed by atoms with Gasteiger partial charge in [-0.2, -0.15) is 0 Å². The van der Waals surface area contributed by atoms with Gasteiger partial charge in [0.1, 0.15) is 5.75 Å². The molecule has 0 aliphatic rings. The number of hydrogen-bond donors (Lipinski definition) is 1. The molecule has 0 fully saturated rings. The molecule has 1 aromatic carbocycles. The number of hydrogen-bond acceptors (Lipinski definition) is 2. The van der Waals surface area contributed by atoms with E-state index in [4.69, 9.17) is 10.5 Å². The van der Waals surface area contributed by atoms with Gasteiger partial charge in [0.2, 0.25) is 0 Å². The van der Waals surface area contributed by atoms with Gasteiger partial charge in [-0.05, 0) is 37.1 Å². The van der Waals surface area contributed by atoms with Gasteiger partial charge in [0.05, 0.1) is 6.61 Å². The lowest BCUT2D eigenvalue weighted by molar-refractivity contribution is 0.187. The molecular weight excluding hydrogens is 186 g/mol. The second-order valence-corrected chi connectivity index (χ2v) is 4.98. The Hall–Kier alpha value is -1.02. The van der Waals surface area contributed by atoms with Gasteiger partial charge in [-0.1, -0.05) is 19.9 Å². The van der Waals surface area contributed by atoms with Crippen molar-refractivity contribution >= 4 is 0 Å². The fraction of sp³-hybridized carbons (Fsp3) is 0.538. The molecule has 0 amide bonds. The van der Waals surface area contributed by atoms with Gasteiger partial charge in [-0.15, -0.1) is 0 Å². The van der Waals surface area contributed by atoms with Crippen LogP contribution in [0.1, 0.15) is 25.0 Å². The van der Waals surface area contributed by atoms with Crippen molar-refractivity contribution in [3.8, 4) is 5.75 Å². The summed E-state index contributed by atoms with van der Waals surface area (Å²) in [4.78, 5) is 0. The summed E-state index contributed by atoms with van der Waals surface area (Å²) in [6.45, 7) is 9.66. The molecule has 84 valence electrons. The maximum atomic E-state index is 5.74. The van der Waals surface area contributed by atoms with Crippen LogP contribution in [0, 0.1) is 19.3 Å². The number of benzene rings is 1. The lowest BCUT2D eigenvalue weighted by atomic mass is 9.95. The van der Waals surface area contributed by atoms with Crippen LogP contribution in [0.15, 0.2) is 18.2 Å². The highest BCUT2D eigenvalue weighted by molar-refractivity contribution is 5.33. The Morgan fingerprint density at radius 1 is 1.13 bits per heavy atom. The quantitative estimate of drug-likeness (QED) is 0.823. The zero-order valence-electron chi connectivity index (χ0n) is 10.1. The molecule has 2 N–H and O–H groups in total. The monoisotopic (exact) mass is 207 g/mol. The van der Waals surface area contributed by atoms with Crippen molar-refractivity contribution in [1.82, 2.24) is 0 Å². The molecule has 0 saturated heterocycles. The van der Waals surface area contributed by atoms with E-state index in [2.05, 4.69) is 45.9 Å². The van der Waals surface area contributed by atoms with E-state index >= 15 is 0 Å². The normalized spacial score (nSPS) is 11.5. The summed E-state index contributed by atoms with van der Waals surface area (Å²) in [5, 5.41) is 0. The van der Waals surface area contributed by atoms with E-state index in [-0.39, 0.29) is 5.41 Å². The highest BCUT2D eigenvalue weighted by Gasteiger charge is 2.16. The SMILES string of the molecule is Cc1cc(C)cc(OCC(C)(C)CN)c1. The smallest absolute Gasteiger partial charge is 0.119 e. The van der Waals surface area contributed by atoms with E-state index in [1.165, 1.54) is 11.1 Å². The predicted molar refractivity (Wildman–Crippen MR) is 64.2 cm³/mol. The summed E-state index contributed by atoms with van der Waals surface area (Å²) in [7, 11) is 0. The molecule has 0 bridgehead atoms. The molecule has 1 aromatic rings. The van der Waals surface area contributed by atoms with Crippen LogP contribution in [0.4, 0.5) is 0 Å². The zero-order chi connectivity index (χ0) is 11.5. The van der Waals surface area contributed by atoms with Gasteiger partial charge in [0, 0.05) is 12.0 Å². The Labute approximate surface area is 92.4 Å². The van der Waals surface area contributed by atoms with E-state index in [0.717, 1.165) is 5.75 Å². The van der Waals surface area contributed by atoms with Crippen LogP contribution < -0.4 is 10.5 Å². The zero-order valence-corrected chi connectivity index (χ0v) is 10.1. The first-order valence-corrected chi connectivity index (χ1v) is 5.34. The van der Waals surface area contributed by atoms with Gasteiger partial charge in [-0.25, -0.2) is 0 Å². The molecule has 0 radical (unpaired) electrons. The fourth-order valence-corrected chi connectivity index (χ4v) is 1.35. The van der Waals surface area contributed by atoms with Crippen LogP contribution in [-0.4, -0.2) is 13.2 Å². The molecule has 0 atom stereocenters. The van der Waals surface area contributed by atoms with E-state index in [1.807, 2.05) is 0 Å². The molecule has 0 unspecified atom stereocenters. The van der Waals surface area contributed by atoms with Crippen molar-refractivity contribution in [3.05, 3.63) is 29.3 Å². The van der Waals surface area contributed by atoms with Crippen molar-refractivity contribution in [2.45, 2.75) is 27.7 Å². The third-order valence-electron chi connectivity index (χ3n) is 2.38. The topological polar surface area (TPSA) is 35.2 Å². The predicted octanol–water partition coefficient (Wildman–Crippen LogP) is 2.67. The lowest BCUT2D eigenvalue weighted by Gasteiger charge is -2.22. The summed E-state index contributed by atoms with van der Waals surface area (Å²) in [5.74, 6) is 0.939. The Balaban J connectivity index is 2.65. The van der Waals surface area contributed by atoms with Crippen LogP contribution in [0.2, 0.25) is 0 Å². The van der Waals surface area contributed by atoms with E-state index in [9.17, 15) is 0 Å². The molecule has 0 aliphatic heterocycles. The Morgan fingerprint density at radius 2 is 1.67 bits per heavy atom. The van der Waals surface area contributed by atoms with Crippen LogP contribution >= 0.6 is 0 Å². The van der Waals surface area contributed by atoms with E-state index < -0.39 is 0 Å². The van der Waals surface area contributed by atoms with Crippen molar-refractivity contribution in [2.24, 2.45) is 11.1 Å². The molecule has 1 rings (SSSR count). The minimum Gasteiger partial charge on any atom is -0.493 e. The Morgan fingerprint density at radius 3 is 2.13 bits per heavy atom. The standard InChI is InChI=1S/C13H21NO/c1-10-5-11(2)7-12(6-10)15-9-13(3,4)8-14/h5-7H,8-9,14H2,1-4H3. The largest absolute Gasteiger partial charge is 0.493 e. The van der Waals surface area contributed by atoms with E-state index in [1.54, 1.807) is 0 Å². The first-order chi connectivity index (χ1) is 6.93.